The molecule has 0 spiro atoms. The largest absolute Gasteiger partial charge is 0.252 e. The number of fused-ring (bicyclic) bond motifs is 1. The molecule has 2 heterocycles. The molecule has 0 N–H and O–H groups in total. The summed E-state index contributed by atoms with van der Waals surface area (Å²) in [5.41, 5.74) is 0.963. The summed E-state index contributed by atoms with van der Waals surface area (Å²) < 4.78 is 1.67. The zero-order valence-corrected chi connectivity index (χ0v) is 8.44. The van der Waals surface area contributed by atoms with Crippen molar-refractivity contribution in [1.29, 1.82) is 0 Å². The maximum absolute atomic E-state index is 4.19. The van der Waals surface area contributed by atoms with Gasteiger partial charge in [-0.05, 0) is 19.9 Å². The summed E-state index contributed by atoms with van der Waals surface area (Å²) in [7, 11) is 0. The van der Waals surface area contributed by atoms with Gasteiger partial charge in [-0.2, -0.15) is 10.1 Å². The molecule has 0 saturated heterocycles. The molecule has 0 aromatic carbocycles. The van der Waals surface area contributed by atoms with Crippen LogP contribution in [0, 0.1) is 13.8 Å². The first-order valence-corrected chi connectivity index (χ1v) is 4.42. The van der Waals surface area contributed by atoms with Crippen molar-refractivity contribution < 1.29 is 0 Å². The minimum Gasteiger partial charge on any atom is -0.216 e. The lowest BCUT2D eigenvalue weighted by molar-refractivity contribution is 0.909. The molecular weight excluding hydrogens is 164 g/mol. The van der Waals surface area contributed by atoms with Gasteiger partial charge in [0.1, 0.15) is 5.82 Å². The van der Waals surface area contributed by atoms with Gasteiger partial charge in [0.15, 0.2) is 0 Å². The molecule has 2 aromatic heterocycles. The van der Waals surface area contributed by atoms with Crippen LogP contribution in [0.15, 0.2) is 12.3 Å². The van der Waals surface area contributed by atoms with E-state index in [1.54, 1.807) is 4.52 Å². The molecule has 0 amide bonds. The molecule has 70 valence electrons. The third-order valence-corrected chi connectivity index (χ3v) is 1.45. The summed E-state index contributed by atoms with van der Waals surface area (Å²) in [5, 5.41) is 4.10. The van der Waals surface area contributed by atoms with Crippen LogP contribution in [0.25, 0.3) is 5.78 Å². The van der Waals surface area contributed by atoms with Crippen LogP contribution in [-0.2, 0) is 0 Å². The van der Waals surface area contributed by atoms with Gasteiger partial charge in [-0.15, -0.1) is 0 Å². The fraction of sp³-hybridized carbons (Fsp3) is 0.444. The number of aromatic nitrogens is 4. The summed E-state index contributed by atoms with van der Waals surface area (Å²) in [6, 6.07) is 1.90. The Morgan fingerprint density at radius 2 is 1.85 bits per heavy atom. The molecule has 2 rings (SSSR count). The van der Waals surface area contributed by atoms with Gasteiger partial charge in [-0.25, -0.2) is 9.50 Å². The van der Waals surface area contributed by atoms with Crippen molar-refractivity contribution >= 4 is 5.78 Å². The molecule has 0 radical (unpaired) electrons. The van der Waals surface area contributed by atoms with Crippen LogP contribution in [0.1, 0.15) is 25.4 Å². The maximum atomic E-state index is 4.19. The van der Waals surface area contributed by atoms with E-state index < -0.39 is 0 Å². The fourth-order valence-electron chi connectivity index (χ4n) is 0.969. The highest BCUT2D eigenvalue weighted by Crippen LogP contribution is 1.97. The van der Waals surface area contributed by atoms with Crippen LogP contribution in [0.2, 0.25) is 0 Å². The molecule has 0 atom stereocenters. The third kappa shape index (κ3) is 2.02. The SMILES string of the molecule is CC.Cc1ccn2nc(C)nc2n1. The van der Waals surface area contributed by atoms with Crippen LogP contribution < -0.4 is 0 Å². The van der Waals surface area contributed by atoms with Crippen molar-refractivity contribution in [3.63, 3.8) is 0 Å². The first-order valence-electron chi connectivity index (χ1n) is 4.42. The predicted octanol–water partition coefficient (Wildman–Crippen LogP) is 1.77. The van der Waals surface area contributed by atoms with Crippen molar-refractivity contribution in [2.75, 3.05) is 0 Å². The molecule has 0 aliphatic carbocycles. The topological polar surface area (TPSA) is 43.1 Å². The Morgan fingerprint density at radius 1 is 1.15 bits per heavy atom. The second-order valence-corrected chi connectivity index (χ2v) is 2.47. The van der Waals surface area contributed by atoms with Gasteiger partial charge >= 0.3 is 0 Å². The monoisotopic (exact) mass is 178 g/mol. The van der Waals surface area contributed by atoms with E-state index in [0.29, 0.717) is 5.78 Å². The molecule has 0 unspecified atom stereocenters. The number of hydrogen-bond donors (Lipinski definition) is 0. The van der Waals surface area contributed by atoms with Crippen LogP contribution in [0.3, 0.4) is 0 Å². The molecule has 0 aliphatic rings. The highest BCUT2D eigenvalue weighted by Gasteiger charge is 1.98. The molecule has 4 nitrogen and oxygen atoms in total. The molecule has 13 heavy (non-hydrogen) atoms. The molecule has 4 heteroatoms. The van der Waals surface area contributed by atoms with E-state index in [0.717, 1.165) is 11.5 Å². The van der Waals surface area contributed by atoms with Crippen molar-refractivity contribution in [2.24, 2.45) is 0 Å². The minimum absolute atomic E-state index is 0.669. The van der Waals surface area contributed by atoms with E-state index in [1.807, 2.05) is 40.0 Å². The molecule has 0 saturated carbocycles. The Labute approximate surface area is 77.6 Å². The van der Waals surface area contributed by atoms with Gasteiger partial charge < -0.3 is 0 Å². The molecule has 0 aliphatic heterocycles. The second-order valence-electron chi connectivity index (χ2n) is 2.47. The fourth-order valence-corrected chi connectivity index (χ4v) is 0.969. The van der Waals surface area contributed by atoms with Crippen LogP contribution in [-0.4, -0.2) is 19.6 Å². The van der Waals surface area contributed by atoms with Crippen LogP contribution in [0.4, 0.5) is 0 Å². The average molecular weight is 178 g/mol. The average Bonchev–Trinajstić information content (AvgIpc) is 2.48. The van der Waals surface area contributed by atoms with Gasteiger partial charge in [0.2, 0.25) is 0 Å². The predicted molar refractivity (Wildman–Crippen MR) is 51.6 cm³/mol. The molecule has 0 fully saturated rings. The zero-order valence-electron chi connectivity index (χ0n) is 8.44. The van der Waals surface area contributed by atoms with Crippen LogP contribution >= 0.6 is 0 Å². The Balaban J connectivity index is 0.000000396. The van der Waals surface area contributed by atoms with E-state index in [4.69, 9.17) is 0 Å². The third-order valence-electron chi connectivity index (χ3n) is 1.45. The van der Waals surface area contributed by atoms with Crippen LogP contribution in [0.5, 0.6) is 0 Å². The normalized spacial score (nSPS) is 9.54. The van der Waals surface area contributed by atoms with Crippen molar-refractivity contribution in [3.05, 3.63) is 23.8 Å². The van der Waals surface area contributed by atoms with Crippen molar-refractivity contribution in [2.45, 2.75) is 27.7 Å². The van der Waals surface area contributed by atoms with Crippen molar-refractivity contribution in [1.82, 2.24) is 19.6 Å². The van der Waals surface area contributed by atoms with E-state index in [2.05, 4.69) is 15.1 Å². The summed E-state index contributed by atoms with van der Waals surface area (Å²) in [6.45, 7) is 7.79. The number of nitrogens with zero attached hydrogens (tertiary/aromatic N) is 4. The lowest BCUT2D eigenvalue weighted by atomic mass is 10.5. The summed E-state index contributed by atoms with van der Waals surface area (Å²) in [6.07, 6.45) is 1.86. The zero-order chi connectivity index (χ0) is 9.84. The summed E-state index contributed by atoms with van der Waals surface area (Å²) >= 11 is 0. The quantitative estimate of drug-likeness (QED) is 0.617. The standard InChI is InChI=1S/C7H8N4.C2H6/c1-5-3-4-11-7(8-5)9-6(2)10-11;1-2/h3-4H,1-2H3;1-2H3. The van der Waals surface area contributed by atoms with Crippen molar-refractivity contribution in [3.8, 4) is 0 Å². The second kappa shape index (κ2) is 3.98. The Bertz CT molecular complexity index is 391. The number of aryl methyl sites for hydroxylation is 2. The number of rotatable bonds is 0. The van der Waals surface area contributed by atoms with E-state index in [-0.39, 0.29) is 0 Å². The van der Waals surface area contributed by atoms with Gasteiger partial charge in [-0.3, -0.25) is 0 Å². The minimum atomic E-state index is 0.669. The Hall–Kier alpha value is -1.45. The smallest absolute Gasteiger partial charge is 0.216 e. The van der Waals surface area contributed by atoms with Gasteiger partial charge in [0.05, 0.1) is 0 Å². The first-order chi connectivity index (χ1) is 6.25. The van der Waals surface area contributed by atoms with Gasteiger partial charge in [0, 0.05) is 11.9 Å². The maximum Gasteiger partial charge on any atom is 0.252 e. The molecule has 2 aromatic rings. The lowest BCUT2D eigenvalue weighted by Crippen LogP contribution is -1.90. The summed E-state index contributed by atoms with van der Waals surface area (Å²) in [4.78, 5) is 8.30. The lowest BCUT2D eigenvalue weighted by Gasteiger charge is -1.89. The van der Waals surface area contributed by atoms with E-state index >= 15 is 0 Å². The first kappa shape index (κ1) is 9.64. The Morgan fingerprint density at radius 3 is 2.54 bits per heavy atom. The Kier molecular flexibility index (Phi) is 2.95. The summed E-state index contributed by atoms with van der Waals surface area (Å²) in [5.74, 6) is 1.42. The van der Waals surface area contributed by atoms with E-state index in [9.17, 15) is 0 Å². The molecular formula is C9H14N4. The molecule has 0 bridgehead atoms. The highest BCUT2D eigenvalue weighted by atomic mass is 15.3. The van der Waals surface area contributed by atoms with E-state index in [1.165, 1.54) is 0 Å². The number of hydrogen-bond acceptors (Lipinski definition) is 3. The van der Waals surface area contributed by atoms with Gasteiger partial charge in [0.25, 0.3) is 5.78 Å². The van der Waals surface area contributed by atoms with Gasteiger partial charge in [-0.1, -0.05) is 13.8 Å². The highest BCUT2D eigenvalue weighted by molar-refractivity contribution is 5.26.